The highest BCUT2D eigenvalue weighted by Gasteiger charge is 2.36. The van der Waals surface area contributed by atoms with Crippen molar-refractivity contribution < 1.29 is 14.2 Å². The number of aryl methyl sites for hydroxylation is 2. The van der Waals surface area contributed by atoms with E-state index in [-0.39, 0.29) is 16.6 Å². The highest BCUT2D eigenvalue weighted by atomic mass is 16.6. The van der Waals surface area contributed by atoms with Crippen LogP contribution in [-0.2, 0) is 6.54 Å². The molecule has 2 aliphatic rings. The van der Waals surface area contributed by atoms with Gasteiger partial charge in [-0.1, -0.05) is 6.07 Å². The summed E-state index contributed by atoms with van der Waals surface area (Å²) in [6, 6.07) is 13.5. The SMILES string of the molecule is COc1ccc(C[N+]2([O-])CC(C)N(c3ccc(C(=O)N4CCN(c5ncc(C)cc5C)CC4)cn3)C2)cc1. The molecule has 200 valence electrons. The largest absolute Gasteiger partial charge is 0.631 e. The Morgan fingerprint density at radius 2 is 1.79 bits per heavy atom. The Balaban J connectivity index is 1.19. The second-order valence-electron chi connectivity index (χ2n) is 10.5. The van der Waals surface area contributed by atoms with E-state index in [1.807, 2.05) is 59.3 Å². The quantitative estimate of drug-likeness (QED) is 0.364. The van der Waals surface area contributed by atoms with Crippen molar-refractivity contribution in [2.75, 3.05) is 56.3 Å². The molecular formula is C29H36N6O3. The summed E-state index contributed by atoms with van der Waals surface area (Å²) in [6.45, 7) is 10.1. The minimum atomic E-state index is -0.338. The molecular weight excluding hydrogens is 480 g/mol. The molecule has 2 aromatic heterocycles. The molecule has 1 aromatic carbocycles. The summed E-state index contributed by atoms with van der Waals surface area (Å²) in [5, 5.41) is 13.5. The van der Waals surface area contributed by atoms with Crippen molar-refractivity contribution in [2.24, 2.45) is 0 Å². The van der Waals surface area contributed by atoms with Gasteiger partial charge in [0.15, 0.2) is 6.67 Å². The van der Waals surface area contributed by atoms with Crippen LogP contribution in [0.15, 0.2) is 54.9 Å². The standard InChI is InChI=1S/C29H36N6O3/c1-21-15-22(2)28(31-16-21)32-11-13-33(14-12-32)29(36)25-7-10-27(30-17-25)34-20-35(37,18-23(34)3)19-24-5-8-26(38-4)9-6-24/h5-10,15-17,23H,11-14,18-20H2,1-4H3. The zero-order chi connectivity index (χ0) is 26.9. The number of quaternary nitrogens is 1. The van der Waals surface area contributed by atoms with Gasteiger partial charge in [-0.05, 0) is 68.3 Å². The van der Waals surface area contributed by atoms with Crippen LogP contribution in [0.1, 0.15) is 34.0 Å². The summed E-state index contributed by atoms with van der Waals surface area (Å²) in [6.07, 6.45) is 3.53. The minimum absolute atomic E-state index is 0.0137. The van der Waals surface area contributed by atoms with Crippen LogP contribution in [0.25, 0.3) is 0 Å². The maximum absolute atomic E-state index is 13.5. The van der Waals surface area contributed by atoms with Gasteiger partial charge in [-0.2, -0.15) is 0 Å². The summed E-state index contributed by atoms with van der Waals surface area (Å²) in [7, 11) is 1.63. The molecule has 5 rings (SSSR count). The van der Waals surface area contributed by atoms with E-state index in [1.54, 1.807) is 13.3 Å². The lowest BCUT2D eigenvalue weighted by atomic mass is 10.2. The number of carbonyl (C=O) groups is 1. The number of pyridine rings is 2. The van der Waals surface area contributed by atoms with Gasteiger partial charge in [-0.15, -0.1) is 0 Å². The molecule has 1 amide bonds. The molecule has 0 saturated carbocycles. The molecule has 3 aromatic rings. The first-order valence-electron chi connectivity index (χ1n) is 13.1. The number of hydroxylamine groups is 3. The maximum atomic E-state index is 13.5. The molecule has 38 heavy (non-hydrogen) atoms. The smallest absolute Gasteiger partial charge is 0.255 e. The van der Waals surface area contributed by atoms with Gasteiger partial charge in [0.25, 0.3) is 5.91 Å². The van der Waals surface area contributed by atoms with E-state index in [4.69, 9.17) is 4.74 Å². The van der Waals surface area contributed by atoms with Crippen molar-refractivity contribution >= 4 is 17.5 Å². The fraction of sp³-hybridized carbons (Fsp3) is 0.414. The number of carbonyl (C=O) groups excluding carboxylic acids is 1. The Hall–Kier alpha value is -3.69. The molecule has 0 aliphatic carbocycles. The van der Waals surface area contributed by atoms with Crippen LogP contribution in [0.4, 0.5) is 11.6 Å². The number of methoxy groups -OCH3 is 1. The monoisotopic (exact) mass is 516 g/mol. The van der Waals surface area contributed by atoms with Gasteiger partial charge in [0.05, 0.1) is 18.7 Å². The molecule has 2 aliphatic heterocycles. The average molecular weight is 517 g/mol. The van der Waals surface area contributed by atoms with E-state index in [0.29, 0.717) is 38.4 Å². The third kappa shape index (κ3) is 5.44. The fourth-order valence-corrected chi connectivity index (χ4v) is 5.56. The Bertz CT molecular complexity index is 1270. The van der Waals surface area contributed by atoms with Crippen LogP contribution in [-0.4, -0.2) is 78.0 Å². The lowest BCUT2D eigenvalue weighted by molar-refractivity contribution is -0.881. The van der Waals surface area contributed by atoms with Crippen molar-refractivity contribution in [2.45, 2.75) is 33.4 Å². The van der Waals surface area contributed by atoms with E-state index in [1.165, 1.54) is 0 Å². The first-order chi connectivity index (χ1) is 18.2. The van der Waals surface area contributed by atoms with Crippen LogP contribution >= 0.6 is 0 Å². The van der Waals surface area contributed by atoms with Crippen molar-refractivity contribution in [1.82, 2.24) is 14.9 Å². The van der Waals surface area contributed by atoms with E-state index >= 15 is 0 Å². The van der Waals surface area contributed by atoms with E-state index < -0.39 is 0 Å². The zero-order valence-corrected chi connectivity index (χ0v) is 22.6. The maximum Gasteiger partial charge on any atom is 0.255 e. The van der Waals surface area contributed by atoms with Crippen LogP contribution in [0, 0.1) is 19.1 Å². The molecule has 0 bridgehead atoms. The van der Waals surface area contributed by atoms with Crippen LogP contribution < -0.4 is 14.5 Å². The number of benzene rings is 1. The Labute approximate surface area is 224 Å². The fourth-order valence-electron chi connectivity index (χ4n) is 5.56. The number of piperazine rings is 1. The lowest BCUT2D eigenvalue weighted by Gasteiger charge is -2.38. The lowest BCUT2D eigenvalue weighted by Crippen LogP contribution is -2.49. The predicted molar refractivity (Wildman–Crippen MR) is 148 cm³/mol. The summed E-state index contributed by atoms with van der Waals surface area (Å²) in [4.78, 5) is 28.5. The van der Waals surface area contributed by atoms with Crippen LogP contribution in [0.5, 0.6) is 5.75 Å². The third-order valence-electron chi connectivity index (χ3n) is 7.51. The molecule has 4 heterocycles. The van der Waals surface area contributed by atoms with Crippen molar-refractivity contribution in [3.63, 3.8) is 0 Å². The summed E-state index contributed by atoms with van der Waals surface area (Å²) < 4.78 is 4.88. The van der Waals surface area contributed by atoms with Gasteiger partial charge in [0.1, 0.15) is 30.5 Å². The number of hydrogen-bond donors (Lipinski definition) is 0. The molecule has 2 fully saturated rings. The number of rotatable bonds is 6. The van der Waals surface area contributed by atoms with Crippen molar-refractivity contribution in [3.8, 4) is 5.75 Å². The van der Waals surface area contributed by atoms with Gasteiger partial charge in [-0.25, -0.2) is 9.97 Å². The molecule has 9 nitrogen and oxygen atoms in total. The Morgan fingerprint density at radius 1 is 1.05 bits per heavy atom. The first kappa shape index (κ1) is 25.9. The van der Waals surface area contributed by atoms with Gasteiger partial charge < -0.3 is 29.3 Å². The zero-order valence-electron chi connectivity index (χ0n) is 22.6. The van der Waals surface area contributed by atoms with E-state index in [2.05, 4.69) is 34.8 Å². The molecule has 9 heteroatoms. The second kappa shape index (κ2) is 10.6. The second-order valence-corrected chi connectivity index (χ2v) is 10.5. The number of hydrogen-bond acceptors (Lipinski definition) is 7. The number of ether oxygens (including phenoxy) is 1. The summed E-state index contributed by atoms with van der Waals surface area (Å²) >= 11 is 0. The molecule has 0 radical (unpaired) electrons. The molecule has 2 unspecified atom stereocenters. The number of anilines is 2. The molecule has 0 spiro atoms. The topological polar surface area (TPSA) is 84.9 Å². The normalized spacial score (nSPS) is 21.6. The Morgan fingerprint density at radius 3 is 2.42 bits per heavy atom. The minimum Gasteiger partial charge on any atom is -0.631 e. The van der Waals surface area contributed by atoms with Gasteiger partial charge in [0.2, 0.25) is 0 Å². The molecule has 0 N–H and O–H groups in total. The summed E-state index contributed by atoms with van der Waals surface area (Å²) in [5.74, 6) is 2.49. The number of aromatic nitrogens is 2. The molecule has 2 saturated heterocycles. The van der Waals surface area contributed by atoms with Crippen molar-refractivity contribution in [1.29, 1.82) is 0 Å². The average Bonchev–Trinajstić information content (AvgIpc) is 3.22. The Kier molecular flexibility index (Phi) is 7.23. The highest BCUT2D eigenvalue weighted by Crippen LogP contribution is 2.29. The third-order valence-corrected chi connectivity index (χ3v) is 7.51. The highest BCUT2D eigenvalue weighted by molar-refractivity contribution is 5.94. The van der Waals surface area contributed by atoms with Crippen molar-refractivity contribution in [3.05, 3.63) is 82.3 Å². The molecule has 2 atom stereocenters. The first-order valence-corrected chi connectivity index (χ1v) is 13.1. The number of amides is 1. The van der Waals surface area contributed by atoms with Gasteiger partial charge >= 0.3 is 0 Å². The van der Waals surface area contributed by atoms with Gasteiger partial charge in [0, 0.05) is 44.1 Å². The van der Waals surface area contributed by atoms with Crippen LogP contribution in [0.3, 0.4) is 0 Å². The van der Waals surface area contributed by atoms with E-state index in [0.717, 1.165) is 47.2 Å². The van der Waals surface area contributed by atoms with Crippen LogP contribution in [0.2, 0.25) is 0 Å². The van der Waals surface area contributed by atoms with Gasteiger partial charge in [-0.3, -0.25) is 4.79 Å². The summed E-state index contributed by atoms with van der Waals surface area (Å²) in [5.41, 5.74) is 3.86. The number of nitrogens with zero attached hydrogens (tertiary/aromatic N) is 6. The van der Waals surface area contributed by atoms with E-state index in [9.17, 15) is 10.0 Å². The predicted octanol–water partition coefficient (Wildman–Crippen LogP) is 3.75.